The van der Waals surface area contributed by atoms with Crippen LogP contribution in [0.2, 0.25) is 0 Å². The number of carbonyl (C=O) groups is 1. The molecule has 0 unspecified atom stereocenters. The Morgan fingerprint density at radius 1 is 1.05 bits per heavy atom. The van der Waals surface area contributed by atoms with Crippen molar-refractivity contribution < 1.29 is 28.7 Å². The highest BCUT2D eigenvalue weighted by Gasteiger charge is 2.34. The fraction of sp³-hybridized carbons (Fsp3) is 0.154. The molecule has 0 bridgehead atoms. The number of carbonyl (C=O) groups excluding carboxylic acids is 1. The standard InChI is InChI=1S/C26H20N2O7S2/c1-2-32-22-11-17(5-9-20(22)33-14-16-3-6-18(7-4-16)28(30)31)12-24-25(29)27(26(36)37-24)19-8-10-21-23(13-19)35-15-34-21/h3-13H,2,14-15H2,1H3/b24-12+. The van der Waals surface area contributed by atoms with E-state index in [1.165, 1.54) is 28.8 Å². The third-order valence-corrected chi connectivity index (χ3v) is 6.82. The first-order valence-corrected chi connectivity index (χ1v) is 12.5. The third-order valence-electron chi connectivity index (χ3n) is 5.51. The maximum atomic E-state index is 13.2. The van der Waals surface area contributed by atoms with Crippen LogP contribution < -0.4 is 23.8 Å². The number of thiocarbonyl (C=S) groups is 1. The molecule has 0 N–H and O–H groups in total. The number of amides is 1. The van der Waals surface area contributed by atoms with Crippen molar-refractivity contribution in [3.05, 3.63) is 86.8 Å². The Balaban J connectivity index is 1.33. The van der Waals surface area contributed by atoms with Crippen molar-refractivity contribution >= 4 is 51.7 Å². The van der Waals surface area contributed by atoms with Crippen LogP contribution in [0.5, 0.6) is 23.0 Å². The smallest absolute Gasteiger partial charge is 0.270 e. The maximum absolute atomic E-state index is 13.2. The van der Waals surface area contributed by atoms with Crippen LogP contribution in [-0.2, 0) is 11.4 Å². The van der Waals surface area contributed by atoms with Crippen LogP contribution in [0, 0.1) is 10.1 Å². The van der Waals surface area contributed by atoms with Gasteiger partial charge in [-0.05, 0) is 60.5 Å². The van der Waals surface area contributed by atoms with Gasteiger partial charge in [0.1, 0.15) is 6.61 Å². The number of nitro benzene ring substituents is 1. The van der Waals surface area contributed by atoms with Gasteiger partial charge in [0, 0.05) is 18.2 Å². The highest BCUT2D eigenvalue weighted by molar-refractivity contribution is 8.27. The van der Waals surface area contributed by atoms with E-state index in [0.717, 1.165) is 11.1 Å². The molecule has 0 atom stereocenters. The number of nitro groups is 1. The molecule has 11 heteroatoms. The molecule has 2 aliphatic heterocycles. The molecule has 2 aliphatic rings. The predicted molar refractivity (Wildman–Crippen MR) is 143 cm³/mol. The van der Waals surface area contributed by atoms with Gasteiger partial charge in [-0.2, -0.15) is 0 Å². The SMILES string of the molecule is CCOc1cc(/C=C2/SC(=S)N(c3ccc4c(c3)OCO4)C2=O)ccc1OCc1ccc([N+](=O)[O-])cc1. The predicted octanol–water partition coefficient (Wildman–Crippen LogP) is 5.71. The summed E-state index contributed by atoms with van der Waals surface area (Å²) in [6.07, 6.45) is 1.76. The summed E-state index contributed by atoms with van der Waals surface area (Å²) in [5.41, 5.74) is 2.16. The Labute approximate surface area is 221 Å². The summed E-state index contributed by atoms with van der Waals surface area (Å²) in [7, 11) is 0. The summed E-state index contributed by atoms with van der Waals surface area (Å²) in [6, 6.07) is 16.8. The fourth-order valence-electron chi connectivity index (χ4n) is 3.74. The molecule has 3 aromatic rings. The number of thioether (sulfide) groups is 1. The number of anilines is 1. The molecular weight excluding hydrogens is 516 g/mol. The van der Waals surface area contributed by atoms with Gasteiger partial charge >= 0.3 is 0 Å². The molecule has 0 saturated carbocycles. The van der Waals surface area contributed by atoms with Gasteiger partial charge in [-0.15, -0.1) is 0 Å². The molecule has 2 heterocycles. The van der Waals surface area contributed by atoms with Crippen LogP contribution in [0.1, 0.15) is 18.1 Å². The zero-order chi connectivity index (χ0) is 25.9. The van der Waals surface area contributed by atoms with E-state index in [2.05, 4.69) is 0 Å². The van der Waals surface area contributed by atoms with E-state index in [1.807, 2.05) is 13.0 Å². The van der Waals surface area contributed by atoms with Crippen molar-refractivity contribution in [2.45, 2.75) is 13.5 Å². The van der Waals surface area contributed by atoms with E-state index in [9.17, 15) is 14.9 Å². The Morgan fingerprint density at radius 3 is 2.59 bits per heavy atom. The van der Waals surface area contributed by atoms with Crippen LogP contribution in [-0.4, -0.2) is 28.6 Å². The lowest BCUT2D eigenvalue weighted by Crippen LogP contribution is -2.27. The second kappa shape index (κ2) is 10.5. The second-order valence-corrected chi connectivity index (χ2v) is 9.58. The van der Waals surface area contributed by atoms with Crippen molar-refractivity contribution in [3.63, 3.8) is 0 Å². The number of hydrogen-bond acceptors (Lipinski definition) is 9. The van der Waals surface area contributed by atoms with Gasteiger partial charge in [-0.25, -0.2) is 0 Å². The zero-order valence-corrected chi connectivity index (χ0v) is 21.2. The largest absolute Gasteiger partial charge is 0.490 e. The molecule has 1 fully saturated rings. The molecule has 1 saturated heterocycles. The molecule has 9 nitrogen and oxygen atoms in total. The number of nitrogens with zero attached hydrogens (tertiary/aromatic N) is 2. The fourth-order valence-corrected chi connectivity index (χ4v) is 5.04. The lowest BCUT2D eigenvalue weighted by atomic mass is 10.1. The van der Waals surface area contributed by atoms with Crippen molar-refractivity contribution in [2.24, 2.45) is 0 Å². The topological polar surface area (TPSA) is 100 Å². The Morgan fingerprint density at radius 2 is 1.84 bits per heavy atom. The van der Waals surface area contributed by atoms with E-state index < -0.39 is 4.92 Å². The Kier molecular flexibility index (Phi) is 6.97. The highest BCUT2D eigenvalue weighted by atomic mass is 32.2. The minimum atomic E-state index is -0.445. The van der Waals surface area contributed by atoms with Gasteiger partial charge < -0.3 is 18.9 Å². The lowest BCUT2D eigenvalue weighted by Gasteiger charge is -2.15. The second-order valence-electron chi connectivity index (χ2n) is 7.91. The van der Waals surface area contributed by atoms with Gasteiger partial charge in [0.05, 0.1) is 22.1 Å². The van der Waals surface area contributed by atoms with Crippen LogP contribution in [0.15, 0.2) is 65.6 Å². The van der Waals surface area contributed by atoms with Crippen molar-refractivity contribution in [1.82, 2.24) is 0 Å². The zero-order valence-electron chi connectivity index (χ0n) is 19.5. The van der Waals surface area contributed by atoms with E-state index in [1.54, 1.807) is 48.5 Å². The minimum Gasteiger partial charge on any atom is -0.490 e. The lowest BCUT2D eigenvalue weighted by molar-refractivity contribution is -0.384. The monoisotopic (exact) mass is 536 g/mol. The number of benzene rings is 3. The molecule has 0 aromatic heterocycles. The normalized spacial score (nSPS) is 15.4. The van der Waals surface area contributed by atoms with Gasteiger partial charge in [0.25, 0.3) is 11.6 Å². The number of fused-ring (bicyclic) bond motifs is 1. The Bertz CT molecular complexity index is 1420. The van der Waals surface area contributed by atoms with Gasteiger partial charge in [0.2, 0.25) is 6.79 Å². The molecule has 3 aromatic carbocycles. The third kappa shape index (κ3) is 5.23. The molecule has 188 valence electrons. The minimum absolute atomic E-state index is 0.0204. The van der Waals surface area contributed by atoms with Gasteiger partial charge in [0.15, 0.2) is 27.3 Å². The van der Waals surface area contributed by atoms with Crippen molar-refractivity contribution in [3.8, 4) is 23.0 Å². The van der Waals surface area contributed by atoms with E-state index in [4.69, 9.17) is 31.2 Å². The van der Waals surface area contributed by atoms with E-state index in [-0.39, 0.29) is 25.0 Å². The van der Waals surface area contributed by atoms with Crippen LogP contribution >= 0.6 is 24.0 Å². The summed E-state index contributed by atoms with van der Waals surface area (Å²) in [6.45, 7) is 2.64. The summed E-state index contributed by atoms with van der Waals surface area (Å²) in [5.74, 6) is 2.00. The van der Waals surface area contributed by atoms with E-state index >= 15 is 0 Å². The highest BCUT2D eigenvalue weighted by Crippen LogP contribution is 2.41. The molecule has 0 aliphatic carbocycles. The van der Waals surface area contributed by atoms with Crippen molar-refractivity contribution in [1.29, 1.82) is 0 Å². The maximum Gasteiger partial charge on any atom is 0.270 e. The molecular formula is C26H20N2O7S2. The summed E-state index contributed by atoms with van der Waals surface area (Å²) in [4.78, 5) is 25.5. The number of ether oxygens (including phenoxy) is 4. The number of rotatable bonds is 8. The van der Waals surface area contributed by atoms with Crippen LogP contribution in [0.3, 0.4) is 0 Å². The van der Waals surface area contributed by atoms with Gasteiger partial charge in [-0.3, -0.25) is 19.8 Å². The quantitative estimate of drug-likeness (QED) is 0.155. The number of non-ortho nitro benzene ring substituents is 1. The summed E-state index contributed by atoms with van der Waals surface area (Å²) >= 11 is 6.70. The molecule has 0 radical (unpaired) electrons. The molecule has 5 rings (SSSR count). The average molecular weight is 537 g/mol. The van der Waals surface area contributed by atoms with Crippen molar-refractivity contribution in [2.75, 3.05) is 18.3 Å². The summed E-state index contributed by atoms with van der Waals surface area (Å²) < 4.78 is 22.9. The van der Waals surface area contributed by atoms with Crippen LogP contribution in [0.25, 0.3) is 6.08 Å². The van der Waals surface area contributed by atoms with Crippen LogP contribution in [0.4, 0.5) is 11.4 Å². The molecule has 37 heavy (non-hydrogen) atoms. The summed E-state index contributed by atoms with van der Waals surface area (Å²) in [5, 5.41) is 10.8. The first-order valence-electron chi connectivity index (χ1n) is 11.2. The first-order chi connectivity index (χ1) is 17.9. The van der Waals surface area contributed by atoms with Gasteiger partial charge in [-0.1, -0.05) is 30.0 Å². The average Bonchev–Trinajstić information content (AvgIpc) is 3.47. The molecule has 0 spiro atoms. The number of hydrogen-bond donors (Lipinski definition) is 0. The molecule has 1 amide bonds. The van der Waals surface area contributed by atoms with E-state index in [0.29, 0.717) is 44.5 Å². The Hall–Kier alpha value is -4.09. The first kappa shape index (κ1) is 24.6.